The summed E-state index contributed by atoms with van der Waals surface area (Å²) in [7, 11) is 2.89. The molecule has 2 aromatic rings. The first-order chi connectivity index (χ1) is 12.5. The molecule has 0 aliphatic heterocycles. The minimum absolute atomic E-state index is 0.0692. The second-order valence-corrected chi connectivity index (χ2v) is 6.82. The lowest BCUT2D eigenvalue weighted by atomic mass is 10.0. The fourth-order valence-corrected chi connectivity index (χ4v) is 3.22. The molecule has 0 spiro atoms. The van der Waals surface area contributed by atoms with Crippen LogP contribution in [0, 0.1) is 0 Å². The average Bonchev–Trinajstić information content (AvgIpc) is 3.16. The van der Waals surface area contributed by atoms with E-state index in [0.29, 0.717) is 11.3 Å². The predicted molar refractivity (Wildman–Crippen MR) is 100.0 cm³/mol. The topological polar surface area (TPSA) is 75.7 Å². The third kappa shape index (κ3) is 6.00. The standard InChI is InChI=1S/C19H22N2O4S/c1-21(19(24)16-9-6-10-26-16)13-17(22)20-15(12-18(23)25-2)11-14-7-4-3-5-8-14/h3-10,15H,11-13H2,1-2H3,(H,20,22)/t15-/m0/s1. The van der Waals surface area contributed by atoms with E-state index in [0.717, 1.165) is 5.56 Å². The number of ether oxygens (including phenoxy) is 1. The highest BCUT2D eigenvalue weighted by Gasteiger charge is 2.20. The molecular weight excluding hydrogens is 352 g/mol. The molecule has 6 nitrogen and oxygen atoms in total. The summed E-state index contributed by atoms with van der Waals surface area (Å²) in [6.07, 6.45) is 0.573. The summed E-state index contributed by atoms with van der Waals surface area (Å²) in [6, 6.07) is 12.7. The Kier molecular flexibility index (Phi) is 7.35. The van der Waals surface area contributed by atoms with Crippen molar-refractivity contribution in [3.05, 3.63) is 58.3 Å². The van der Waals surface area contributed by atoms with Gasteiger partial charge in [-0.1, -0.05) is 36.4 Å². The molecule has 0 fully saturated rings. The molecule has 0 bridgehead atoms. The van der Waals surface area contributed by atoms with Gasteiger partial charge < -0.3 is 15.0 Å². The van der Waals surface area contributed by atoms with Crippen LogP contribution in [0.5, 0.6) is 0 Å². The summed E-state index contributed by atoms with van der Waals surface area (Å²) < 4.78 is 4.71. The Morgan fingerprint density at radius 1 is 1.15 bits per heavy atom. The predicted octanol–water partition coefficient (Wildman–Crippen LogP) is 2.11. The van der Waals surface area contributed by atoms with E-state index >= 15 is 0 Å². The average molecular weight is 374 g/mol. The number of carbonyl (C=O) groups excluding carboxylic acids is 3. The second-order valence-electron chi connectivity index (χ2n) is 5.87. The van der Waals surface area contributed by atoms with Crippen LogP contribution in [0.1, 0.15) is 21.7 Å². The maximum Gasteiger partial charge on any atom is 0.307 e. The second kappa shape index (κ2) is 9.72. The van der Waals surface area contributed by atoms with Crippen molar-refractivity contribution in [2.75, 3.05) is 20.7 Å². The monoisotopic (exact) mass is 374 g/mol. The molecule has 0 unspecified atom stereocenters. The van der Waals surface area contributed by atoms with Gasteiger partial charge in [0.15, 0.2) is 0 Å². The maximum atomic E-state index is 12.3. The molecule has 0 saturated heterocycles. The normalized spacial score (nSPS) is 11.5. The van der Waals surface area contributed by atoms with Crippen molar-refractivity contribution in [3.63, 3.8) is 0 Å². The third-order valence-corrected chi connectivity index (χ3v) is 4.65. The molecule has 1 aromatic heterocycles. The van der Waals surface area contributed by atoms with Gasteiger partial charge in [0.2, 0.25) is 5.91 Å². The van der Waals surface area contributed by atoms with Crippen molar-refractivity contribution in [2.45, 2.75) is 18.9 Å². The highest BCUT2D eigenvalue weighted by atomic mass is 32.1. The summed E-state index contributed by atoms with van der Waals surface area (Å²) in [5.74, 6) is -0.917. The Morgan fingerprint density at radius 3 is 2.50 bits per heavy atom. The molecule has 138 valence electrons. The van der Waals surface area contributed by atoms with Crippen molar-refractivity contribution in [2.24, 2.45) is 0 Å². The molecular formula is C19H22N2O4S. The van der Waals surface area contributed by atoms with Gasteiger partial charge in [-0.25, -0.2) is 0 Å². The fraction of sp³-hybridized carbons (Fsp3) is 0.316. The summed E-state index contributed by atoms with van der Waals surface area (Å²) in [5.41, 5.74) is 1.00. The number of esters is 1. The fourth-order valence-electron chi connectivity index (χ4n) is 2.51. The van der Waals surface area contributed by atoms with Gasteiger partial charge >= 0.3 is 5.97 Å². The van der Waals surface area contributed by atoms with E-state index in [-0.39, 0.29) is 24.8 Å². The van der Waals surface area contributed by atoms with Crippen LogP contribution in [0.4, 0.5) is 0 Å². The number of amides is 2. The van der Waals surface area contributed by atoms with E-state index in [1.807, 2.05) is 35.7 Å². The van der Waals surface area contributed by atoms with E-state index in [1.165, 1.54) is 23.3 Å². The van der Waals surface area contributed by atoms with Gasteiger partial charge in [0.25, 0.3) is 5.91 Å². The van der Waals surface area contributed by atoms with E-state index < -0.39 is 12.0 Å². The molecule has 0 aliphatic rings. The van der Waals surface area contributed by atoms with Crippen molar-refractivity contribution in [1.82, 2.24) is 10.2 Å². The minimum atomic E-state index is -0.400. The van der Waals surface area contributed by atoms with Crippen LogP contribution in [-0.4, -0.2) is 49.4 Å². The van der Waals surface area contributed by atoms with Gasteiger partial charge in [0.05, 0.1) is 25.0 Å². The Morgan fingerprint density at radius 2 is 1.88 bits per heavy atom. The first kappa shape index (κ1) is 19.7. The number of hydrogen-bond acceptors (Lipinski definition) is 5. The van der Waals surface area contributed by atoms with Crippen LogP contribution >= 0.6 is 11.3 Å². The number of methoxy groups -OCH3 is 1. The van der Waals surface area contributed by atoms with Crippen molar-refractivity contribution in [1.29, 1.82) is 0 Å². The smallest absolute Gasteiger partial charge is 0.307 e. The van der Waals surface area contributed by atoms with E-state index in [4.69, 9.17) is 4.74 Å². The lowest BCUT2D eigenvalue weighted by Gasteiger charge is -2.21. The van der Waals surface area contributed by atoms with E-state index in [1.54, 1.807) is 19.2 Å². The number of carbonyl (C=O) groups is 3. The van der Waals surface area contributed by atoms with Crippen molar-refractivity contribution >= 4 is 29.1 Å². The number of hydrogen-bond donors (Lipinski definition) is 1. The van der Waals surface area contributed by atoms with Crippen LogP contribution in [0.3, 0.4) is 0 Å². The van der Waals surface area contributed by atoms with Crippen LogP contribution in [0.2, 0.25) is 0 Å². The van der Waals surface area contributed by atoms with Crippen LogP contribution in [0.15, 0.2) is 47.8 Å². The SMILES string of the molecule is COC(=O)C[C@H](Cc1ccccc1)NC(=O)CN(C)C(=O)c1cccs1. The van der Waals surface area contributed by atoms with Crippen LogP contribution < -0.4 is 5.32 Å². The largest absolute Gasteiger partial charge is 0.469 e. The summed E-state index contributed by atoms with van der Waals surface area (Å²) in [5, 5.41) is 4.64. The molecule has 7 heteroatoms. The van der Waals surface area contributed by atoms with Gasteiger partial charge in [0.1, 0.15) is 0 Å². The molecule has 1 heterocycles. The molecule has 2 rings (SSSR count). The Bertz CT molecular complexity index is 731. The molecule has 0 aliphatic carbocycles. The first-order valence-electron chi connectivity index (χ1n) is 8.18. The first-order valence-corrected chi connectivity index (χ1v) is 9.06. The highest BCUT2D eigenvalue weighted by Crippen LogP contribution is 2.11. The number of likely N-dealkylation sites (N-methyl/N-ethyl adjacent to an activating group) is 1. The molecule has 1 N–H and O–H groups in total. The van der Waals surface area contributed by atoms with Crippen molar-refractivity contribution in [3.8, 4) is 0 Å². The van der Waals surface area contributed by atoms with Crippen molar-refractivity contribution < 1.29 is 19.1 Å². The number of nitrogens with one attached hydrogen (secondary N) is 1. The molecule has 26 heavy (non-hydrogen) atoms. The number of nitrogens with zero attached hydrogens (tertiary/aromatic N) is 1. The zero-order valence-corrected chi connectivity index (χ0v) is 15.6. The third-order valence-electron chi connectivity index (χ3n) is 3.79. The van der Waals surface area contributed by atoms with Gasteiger partial charge in [-0.05, 0) is 23.4 Å². The number of benzene rings is 1. The summed E-state index contributed by atoms with van der Waals surface area (Å²) in [4.78, 5) is 38.2. The quantitative estimate of drug-likeness (QED) is 0.718. The Balaban J connectivity index is 1.96. The van der Waals surface area contributed by atoms with Crippen LogP contribution in [0.25, 0.3) is 0 Å². The molecule has 0 radical (unpaired) electrons. The number of thiophene rings is 1. The zero-order chi connectivity index (χ0) is 18.9. The maximum absolute atomic E-state index is 12.3. The van der Waals surface area contributed by atoms with Gasteiger partial charge in [-0.3, -0.25) is 14.4 Å². The minimum Gasteiger partial charge on any atom is -0.469 e. The molecule has 0 saturated carbocycles. The Labute approximate surface area is 156 Å². The number of rotatable bonds is 8. The molecule has 2 amide bonds. The lowest BCUT2D eigenvalue weighted by Crippen LogP contribution is -2.44. The summed E-state index contributed by atoms with van der Waals surface area (Å²) >= 11 is 1.33. The molecule has 1 aromatic carbocycles. The zero-order valence-electron chi connectivity index (χ0n) is 14.8. The van der Waals surface area contributed by atoms with Gasteiger partial charge in [0, 0.05) is 13.1 Å². The molecule has 1 atom stereocenters. The van der Waals surface area contributed by atoms with E-state index in [2.05, 4.69) is 5.32 Å². The van der Waals surface area contributed by atoms with Crippen LogP contribution in [-0.2, 0) is 20.7 Å². The van der Waals surface area contributed by atoms with Gasteiger partial charge in [-0.15, -0.1) is 11.3 Å². The lowest BCUT2D eigenvalue weighted by molar-refractivity contribution is -0.141. The highest BCUT2D eigenvalue weighted by molar-refractivity contribution is 7.12. The van der Waals surface area contributed by atoms with E-state index in [9.17, 15) is 14.4 Å². The van der Waals surface area contributed by atoms with Gasteiger partial charge in [-0.2, -0.15) is 0 Å². The summed E-state index contributed by atoms with van der Waals surface area (Å²) in [6.45, 7) is -0.0802. The Hall–Kier alpha value is -2.67.